The van der Waals surface area contributed by atoms with Gasteiger partial charge in [-0.25, -0.2) is 0 Å². The Morgan fingerprint density at radius 1 is 0.385 bits per heavy atom. The Morgan fingerprint density at radius 3 is 0.718 bits per heavy atom. The van der Waals surface area contributed by atoms with E-state index in [2.05, 4.69) is 0 Å². The topological polar surface area (TPSA) is 70.4 Å². The number of likely N-dealkylation sites (N-methyl/N-ethyl adjacent to an activating group) is 3. The molecule has 6 atom stereocenters. The molecule has 6 nitrogen and oxygen atoms in total. The van der Waals surface area contributed by atoms with Crippen molar-refractivity contribution in [3.05, 3.63) is 108 Å². The zero-order chi connectivity index (χ0) is 29.5. The minimum absolute atomic E-state index is 0.141. The molecule has 0 aliphatic heterocycles. The lowest BCUT2D eigenvalue weighted by Gasteiger charge is -2.25. The molecule has 0 aromatic heterocycles. The van der Waals surface area contributed by atoms with Crippen LogP contribution >= 0.6 is 0 Å². The molecule has 3 aromatic carbocycles. The van der Waals surface area contributed by atoms with Gasteiger partial charge in [0.2, 0.25) is 0 Å². The molecule has 6 heteroatoms. The molecule has 3 rings (SSSR count). The summed E-state index contributed by atoms with van der Waals surface area (Å²) in [5.74, 6) is 0. The highest BCUT2D eigenvalue weighted by molar-refractivity contribution is 5.20. The van der Waals surface area contributed by atoms with E-state index in [0.717, 1.165) is 16.7 Å². The van der Waals surface area contributed by atoms with Gasteiger partial charge in [-0.15, -0.1) is 0 Å². The Morgan fingerprint density at radius 2 is 0.564 bits per heavy atom. The van der Waals surface area contributed by atoms with Gasteiger partial charge in [-0.05, 0) is 79.7 Å². The van der Waals surface area contributed by atoms with Crippen molar-refractivity contribution < 1.29 is 15.3 Å². The SMILES string of the molecule is C[C@@H]([C@H](O)c1ccccc1)N(C)C.C[C@@H]([C@H](O)c1ccccc1)N(C)C.C[C@@H]([C@H](O)c1ccccc1)N(C)C. The maximum atomic E-state index is 9.92. The number of hydrogen-bond acceptors (Lipinski definition) is 6. The summed E-state index contributed by atoms with van der Waals surface area (Å²) < 4.78 is 0. The van der Waals surface area contributed by atoms with Crippen LogP contribution in [0.15, 0.2) is 91.0 Å². The second-order valence-electron chi connectivity index (χ2n) is 10.7. The molecule has 0 fully saturated rings. The van der Waals surface area contributed by atoms with E-state index in [9.17, 15) is 15.3 Å². The Kier molecular flexibility index (Phi) is 15.8. The molecule has 0 spiro atoms. The Labute approximate surface area is 237 Å². The molecule has 3 aromatic rings. The van der Waals surface area contributed by atoms with Crippen molar-refractivity contribution in [3.63, 3.8) is 0 Å². The summed E-state index contributed by atoms with van der Waals surface area (Å²) in [5, 5.41) is 29.8. The third kappa shape index (κ3) is 12.0. The Balaban J connectivity index is 0.000000292. The van der Waals surface area contributed by atoms with Crippen LogP contribution in [0, 0.1) is 0 Å². The number of rotatable bonds is 9. The third-order valence-electron chi connectivity index (χ3n) is 7.24. The lowest BCUT2D eigenvalue weighted by Crippen LogP contribution is -2.30. The van der Waals surface area contributed by atoms with Gasteiger partial charge in [0.1, 0.15) is 0 Å². The zero-order valence-corrected chi connectivity index (χ0v) is 25.3. The lowest BCUT2D eigenvalue weighted by atomic mass is 10.0. The standard InChI is InChI=1S/3C11H17NO/c3*1-9(12(2)3)11(13)10-7-5-4-6-8-10/h3*4-9,11,13H,1-3H3/t3*9-,11-/m000/s1. The van der Waals surface area contributed by atoms with E-state index in [1.807, 2.05) is 169 Å². The highest BCUT2D eigenvalue weighted by Crippen LogP contribution is 2.20. The molecule has 0 heterocycles. The summed E-state index contributed by atoms with van der Waals surface area (Å²) in [6, 6.07) is 29.7. The number of aliphatic hydroxyl groups is 3. The van der Waals surface area contributed by atoms with E-state index in [0.29, 0.717) is 0 Å². The summed E-state index contributed by atoms with van der Waals surface area (Å²) in [4.78, 5) is 6.03. The number of nitrogens with zero attached hydrogens (tertiary/aromatic N) is 3. The van der Waals surface area contributed by atoms with E-state index in [1.165, 1.54) is 0 Å². The average Bonchev–Trinajstić information content (AvgIpc) is 2.96. The summed E-state index contributed by atoms with van der Waals surface area (Å²) in [6.07, 6.45) is -1.22. The monoisotopic (exact) mass is 537 g/mol. The van der Waals surface area contributed by atoms with Crippen LogP contribution in [0.25, 0.3) is 0 Å². The fraction of sp³-hybridized carbons (Fsp3) is 0.455. The lowest BCUT2D eigenvalue weighted by molar-refractivity contribution is 0.0857. The fourth-order valence-corrected chi connectivity index (χ4v) is 3.63. The van der Waals surface area contributed by atoms with Gasteiger partial charge in [0.05, 0.1) is 18.3 Å². The third-order valence-corrected chi connectivity index (χ3v) is 7.24. The fourth-order valence-electron chi connectivity index (χ4n) is 3.63. The Bertz CT molecular complexity index is 869. The molecular formula is C33H51N3O3. The maximum absolute atomic E-state index is 9.92. The highest BCUT2D eigenvalue weighted by atomic mass is 16.3. The molecular weight excluding hydrogens is 486 g/mol. The van der Waals surface area contributed by atoms with Crippen LogP contribution in [-0.2, 0) is 0 Å². The summed E-state index contributed by atoms with van der Waals surface area (Å²) >= 11 is 0. The molecule has 0 saturated heterocycles. The molecule has 0 bridgehead atoms. The predicted octanol–water partition coefficient (Wildman–Crippen LogP) is 5.01. The van der Waals surface area contributed by atoms with Gasteiger partial charge in [0.15, 0.2) is 0 Å². The van der Waals surface area contributed by atoms with Crippen molar-refractivity contribution in [1.82, 2.24) is 14.7 Å². The van der Waals surface area contributed by atoms with Gasteiger partial charge in [-0.2, -0.15) is 0 Å². The Hall–Kier alpha value is -2.58. The molecule has 0 saturated carbocycles. The van der Waals surface area contributed by atoms with E-state index in [-0.39, 0.29) is 18.1 Å². The zero-order valence-electron chi connectivity index (χ0n) is 25.3. The molecule has 216 valence electrons. The first-order valence-electron chi connectivity index (χ1n) is 13.6. The second-order valence-corrected chi connectivity index (χ2v) is 10.7. The van der Waals surface area contributed by atoms with Crippen LogP contribution in [0.2, 0.25) is 0 Å². The summed E-state index contributed by atoms with van der Waals surface area (Å²) in [7, 11) is 11.8. The van der Waals surface area contributed by atoms with Crippen LogP contribution in [-0.4, -0.2) is 90.4 Å². The minimum Gasteiger partial charge on any atom is -0.387 e. The van der Waals surface area contributed by atoms with Gasteiger partial charge < -0.3 is 30.0 Å². The van der Waals surface area contributed by atoms with Crippen LogP contribution in [0.4, 0.5) is 0 Å². The van der Waals surface area contributed by atoms with Crippen LogP contribution in [0.3, 0.4) is 0 Å². The molecule has 0 radical (unpaired) electrons. The van der Waals surface area contributed by atoms with Crippen LogP contribution in [0.5, 0.6) is 0 Å². The highest BCUT2D eigenvalue weighted by Gasteiger charge is 2.18. The molecule has 3 N–H and O–H groups in total. The number of hydrogen-bond donors (Lipinski definition) is 3. The largest absolute Gasteiger partial charge is 0.387 e. The van der Waals surface area contributed by atoms with E-state index in [4.69, 9.17) is 0 Å². The molecule has 0 amide bonds. The summed E-state index contributed by atoms with van der Waals surface area (Å²) in [5.41, 5.74) is 2.93. The van der Waals surface area contributed by atoms with Crippen molar-refractivity contribution in [1.29, 1.82) is 0 Å². The molecule has 0 unspecified atom stereocenters. The van der Waals surface area contributed by atoms with Gasteiger partial charge in [0.25, 0.3) is 0 Å². The molecule has 0 aliphatic rings. The second kappa shape index (κ2) is 17.9. The van der Waals surface area contributed by atoms with Crippen molar-refractivity contribution in [2.75, 3.05) is 42.3 Å². The van der Waals surface area contributed by atoms with Crippen molar-refractivity contribution in [3.8, 4) is 0 Å². The van der Waals surface area contributed by atoms with Crippen LogP contribution < -0.4 is 0 Å². The van der Waals surface area contributed by atoms with Crippen LogP contribution in [0.1, 0.15) is 55.8 Å². The first-order valence-corrected chi connectivity index (χ1v) is 13.6. The van der Waals surface area contributed by atoms with Gasteiger partial charge in [-0.1, -0.05) is 91.0 Å². The quantitative estimate of drug-likeness (QED) is 0.357. The van der Waals surface area contributed by atoms with Crippen molar-refractivity contribution in [2.24, 2.45) is 0 Å². The van der Waals surface area contributed by atoms with Gasteiger partial charge in [-0.3, -0.25) is 0 Å². The number of benzene rings is 3. The van der Waals surface area contributed by atoms with Gasteiger partial charge >= 0.3 is 0 Å². The predicted molar refractivity (Wildman–Crippen MR) is 164 cm³/mol. The van der Waals surface area contributed by atoms with Crippen molar-refractivity contribution >= 4 is 0 Å². The normalized spacial score (nSPS) is 15.8. The van der Waals surface area contributed by atoms with E-state index < -0.39 is 18.3 Å². The molecule has 39 heavy (non-hydrogen) atoms. The molecule has 0 aliphatic carbocycles. The van der Waals surface area contributed by atoms with E-state index >= 15 is 0 Å². The van der Waals surface area contributed by atoms with E-state index in [1.54, 1.807) is 0 Å². The average molecular weight is 538 g/mol. The minimum atomic E-state index is -0.406. The van der Waals surface area contributed by atoms with Gasteiger partial charge in [0, 0.05) is 18.1 Å². The smallest absolute Gasteiger partial charge is 0.0942 e. The first kappa shape index (κ1) is 34.4. The number of aliphatic hydroxyl groups excluding tert-OH is 3. The first-order chi connectivity index (χ1) is 18.4. The summed E-state index contributed by atoms with van der Waals surface area (Å²) in [6.45, 7) is 6.03. The van der Waals surface area contributed by atoms with Crippen molar-refractivity contribution in [2.45, 2.75) is 57.2 Å². The maximum Gasteiger partial charge on any atom is 0.0942 e.